The van der Waals surface area contributed by atoms with Crippen molar-refractivity contribution in [2.45, 2.75) is 50.5 Å². The lowest BCUT2D eigenvalue weighted by molar-refractivity contribution is 0.168. The normalized spacial score (nSPS) is 22.7. The zero-order valence-corrected chi connectivity index (χ0v) is 15.3. The van der Waals surface area contributed by atoms with Gasteiger partial charge in [0.2, 0.25) is 0 Å². The third kappa shape index (κ3) is 3.32. The van der Waals surface area contributed by atoms with Gasteiger partial charge in [-0.2, -0.15) is 5.10 Å². The number of hydrogen-bond donors (Lipinski definition) is 1. The molecule has 1 unspecified atom stereocenters. The molecule has 1 aliphatic heterocycles. The van der Waals surface area contributed by atoms with E-state index in [0.717, 1.165) is 55.6 Å². The van der Waals surface area contributed by atoms with Gasteiger partial charge in [0, 0.05) is 31.2 Å². The first-order valence-corrected chi connectivity index (χ1v) is 9.31. The summed E-state index contributed by atoms with van der Waals surface area (Å²) in [5.74, 6) is 0.250. The Morgan fingerprint density at radius 1 is 1.35 bits per heavy atom. The number of nitrogens with zero attached hydrogens (tertiary/aromatic N) is 3. The number of amides is 2. The topological polar surface area (TPSA) is 50.2 Å². The average Bonchev–Trinajstić information content (AvgIpc) is 3.27. The summed E-state index contributed by atoms with van der Waals surface area (Å²) in [6.07, 6.45) is 6.83. The first-order chi connectivity index (χ1) is 12.4. The van der Waals surface area contributed by atoms with Gasteiger partial charge in [0.15, 0.2) is 0 Å². The van der Waals surface area contributed by atoms with E-state index in [0.29, 0.717) is 5.92 Å². The van der Waals surface area contributed by atoms with Crippen LogP contribution < -0.4 is 5.32 Å². The molecule has 1 aliphatic carbocycles. The molecule has 2 amide bonds. The van der Waals surface area contributed by atoms with Crippen molar-refractivity contribution in [3.63, 3.8) is 0 Å². The molecule has 138 valence electrons. The van der Waals surface area contributed by atoms with Crippen LogP contribution in [0.4, 0.5) is 14.9 Å². The minimum absolute atomic E-state index is 0.0676. The van der Waals surface area contributed by atoms with E-state index in [1.807, 2.05) is 18.1 Å². The summed E-state index contributed by atoms with van der Waals surface area (Å²) in [4.78, 5) is 14.9. The fourth-order valence-corrected chi connectivity index (χ4v) is 4.04. The van der Waals surface area contributed by atoms with E-state index in [1.54, 1.807) is 16.8 Å². The van der Waals surface area contributed by atoms with Gasteiger partial charge >= 0.3 is 6.03 Å². The second-order valence-electron chi connectivity index (χ2n) is 7.86. The molecule has 0 spiro atoms. The lowest BCUT2D eigenvalue weighted by Crippen LogP contribution is -2.48. The van der Waals surface area contributed by atoms with E-state index in [1.165, 1.54) is 12.1 Å². The summed E-state index contributed by atoms with van der Waals surface area (Å²) in [6.45, 7) is 2.86. The SMILES string of the molecule is Cn1cc(NC(=O)N2CCCC2(C)Cc2ccc(F)cc2)c(C2CC2)n1. The van der Waals surface area contributed by atoms with Crippen molar-refractivity contribution < 1.29 is 9.18 Å². The molecule has 1 saturated heterocycles. The highest BCUT2D eigenvalue weighted by Gasteiger charge is 2.40. The molecule has 2 fully saturated rings. The minimum Gasteiger partial charge on any atom is -0.319 e. The average molecular weight is 356 g/mol. The predicted molar refractivity (Wildman–Crippen MR) is 98.7 cm³/mol. The maximum atomic E-state index is 13.2. The Morgan fingerprint density at radius 2 is 2.08 bits per heavy atom. The zero-order chi connectivity index (χ0) is 18.3. The Bertz CT molecular complexity index is 812. The lowest BCUT2D eigenvalue weighted by Gasteiger charge is -2.35. The number of hydrogen-bond acceptors (Lipinski definition) is 2. The molecular formula is C20H25FN4O. The smallest absolute Gasteiger partial charge is 0.319 e. The van der Waals surface area contributed by atoms with Crippen LogP contribution in [0.25, 0.3) is 0 Å². The number of aromatic nitrogens is 2. The van der Waals surface area contributed by atoms with Gasteiger partial charge in [-0.1, -0.05) is 12.1 Å². The predicted octanol–water partition coefficient (Wildman–Crippen LogP) is 4.07. The summed E-state index contributed by atoms with van der Waals surface area (Å²) in [7, 11) is 1.88. The summed E-state index contributed by atoms with van der Waals surface area (Å²) >= 11 is 0. The summed E-state index contributed by atoms with van der Waals surface area (Å²) in [6, 6.07) is 6.51. The number of halogens is 1. The molecule has 2 aromatic rings. The van der Waals surface area contributed by atoms with Gasteiger partial charge in [-0.25, -0.2) is 9.18 Å². The third-order valence-corrected chi connectivity index (χ3v) is 5.56. The van der Waals surface area contributed by atoms with Crippen molar-refractivity contribution in [1.82, 2.24) is 14.7 Å². The Balaban J connectivity index is 1.50. The number of benzene rings is 1. The standard InChI is InChI=1S/C20H25FN4O/c1-20(12-14-4-8-16(21)9-5-14)10-3-11-25(20)19(26)22-17-13-24(2)23-18(17)15-6-7-15/h4-5,8-9,13,15H,3,6-7,10-12H2,1-2H3,(H,22,26). The molecule has 5 nitrogen and oxygen atoms in total. The van der Waals surface area contributed by atoms with Crippen LogP contribution in [0.1, 0.15) is 49.8 Å². The Morgan fingerprint density at radius 3 is 2.77 bits per heavy atom. The van der Waals surface area contributed by atoms with Crippen molar-refractivity contribution in [3.8, 4) is 0 Å². The highest BCUT2D eigenvalue weighted by molar-refractivity contribution is 5.90. The molecule has 1 aromatic carbocycles. The maximum Gasteiger partial charge on any atom is 0.322 e. The number of urea groups is 1. The van der Waals surface area contributed by atoms with Gasteiger partial charge in [0.05, 0.1) is 11.4 Å². The third-order valence-electron chi connectivity index (χ3n) is 5.56. The first kappa shape index (κ1) is 17.1. The van der Waals surface area contributed by atoms with Crippen molar-refractivity contribution in [2.75, 3.05) is 11.9 Å². The van der Waals surface area contributed by atoms with Gasteiger partial charge in [-0.3, -0.25) is 4.68 Å². The molecule has 2 heterocycles. The number of anilines is 1. The summed E-state index contributed by atoms with van der Waals surface area (Å²) < 4.78 is 14.9. The number of rotatable bonds is 4. The molecule has 1 atom stereocenters. The van der Waals surface area contributed by atoms with Gasteiger partial charge < -0.3 is 10.2 Å². The van der Waals surface area contributed by atoms with Gasteiger partial charge in [-0.15, -0.1) is 0 Å². The van der Waals surface area contributed by atoms with Crippen LogP contribution in [0.2, 0.25) is 0 Å². The zero-order valence-electron chi connectivity index (χ0n) is 15.3. The molecule has 1 aromatic heterocycles. The summed E-state index contributed by atoms with van der Waals surface area (Å²) in [5.41, 5.74) is 2.62. The quantitative estimate of drug-likeness (QED) is 0.898. The van der Waals surface area contributed by atoms with Crippen LogP contribution in [-0.4, -0.2) is 32.8 Å². The number of carbonyl (C=O) groups excluding carboxylic acids is 1. The van der Waals surface area contributed by atoms with Crippen LogP contribution in [0.3, 0.4) is 0 Å². The number of carbonyl (C=O) groups is 1. The highest BCUT2D eigenvalue weighted by Crippen LogP contribution is 2.42. The fourth-order valence-electron chi connectivity index (χ4n) is 4.04. The van der Waals surface area contributed by atoms with Gasteiger partial charge in [-0.05, 0) is 56.7 Å². The van der Waals surface area contributed by atoms with E-state index in [4.69, 9.17) is 0 Å². The van der Waals surface area contributed by atoms with E-state index < -0.39 is 0 Å². The molecule has 1 saturated carbocycles. The van der Waals surface area contributed by atoms with E-state index in [-0.39, 0.29) is 17.4 Å². The minimum atomic E-state index is -0.260. The fraction of sp³-hybridized carbons (Fsp3) is 0.500. The van der Waals surface area contributed by atoms with Gasteiger partial charge in [0.1, 0.15) is 5.82 Å². The Kier molecular flexibility index (Phi) is 4.21. The van der Waals surface area contributed by atoms with E-state index >= 15 is 0 Å². The molecule has 2 aliphatic rings. The number of nitrogens with one attached hydrogen (secondary N) is 1. The highest BCUT2D eigenvalue weighted by atomic mass is 19.1. The molecule has 6 heteroatoms. The van der Waals surface area contributed by atoms with Crippen molar-refractivity contribution in [2.24, 2.45) is 7.05 Å². The second kappa shape index (κ2) is 6.41. The van der Waals surface area contributed by atoms with Gasteiger partial charge in [0.25, 0.3) is 0 Å². The van der Waals surface area contributed by atoms with Crippen LogP contribution in [0.15, 0.2) is 30.5 Å². The van der Waals surface area contributed by atoms with Crippen LogP contribution in [0, 0.1) is 5.82 Å². The first-order valence-electron chi connectivity index (χ1n) is 9.31. The van der Waals surface area contributed by atoms with Crippen molar-refractivity contribution >= 4 is 11.7 Å². The molecule has 1 N–H and O–H groups in total. The molecule has 0 radical (unpaired) electrons. The lowest BCUT2D eigenvalue weighted by atomic mass is 9.90. The van der Waals surface area contributed by atoms with Crippen molar-refractivity contribution in [3.05, 3.63) is 47.5 Å². The number of aryl methyl sites for hydroxylation is 1. The molecular weight excluding hydrogens is 331 g/mol. The maximum absolute atomic E-state index is 13.2. The number of likely N-dealkylation sites (tertiary alicyclic amines) is 1. The molecule has 4 rings (SSSR count). The van der Waals surface area contributed by atoms with E-state index in [9.17, 15) is 9.18 Å². The van der Waals surface area contributed by atoms with Crippen LogP contribution >= 0.6 is 0 Å². The summed E-state index contributed by atoms with van der Waals surface area (Å²) in [5, 5.41) is 7.60. The van der Waals surface area contributed by atoms with Crippen LogP contribution in [0.5, 0.6) is 0 Å². The van der Waals surface area contributed by atoms with E-state index in [2.05, 4.69) is 17.3 Å². The molecule has 0 bridgehead atoms. The van der Waals surface area contributed by atoms with Crippen LogP contribution in [-0.2, 0) is 13.5 Å². The Hall–Kier alpha value is -2.37. The van der Waals surface area contributed by atoms with Crippen molar-refractivity contribution in [1.29, 1.82) is 0 Å². The molecule has 26 heavy (non-hydrogen) atoms. The monoisotopic (exact) mass is 356 g/mol. The Labute approximate surface area is 153 Å². The largest absolute Gasteiger partial charge is 0.322 e. The second-order valence-corrected chi connectivity index (χ2v) is 7.86.